The third-order valence-electron chi connectivity index (χ3n) is 3.28. The molecule has 0 bridgehead atoms. The van der Waals surface area contributed by atoms with Crippen molar-refractivity contribution < 1.29 is 9.90 Å². The third kappa shape index (κ3) is 6.83. The Morgan fingerprint density at radius 3 is 2.09 bits per heavy atom. The molecule has 2 heterocycles. The molecule has 5 heteroatoms. The first-order valence-corrected chi connectivity index (χ1v) is 7.41. The minimum Gasteiger partial charge on any atom is -0.478 e. The lowest BCUT2D eigenvalue weighted by atomic mass is 9.93. The molecule has 22 heavy (non-hydrogen) atoms. The van der Waals surface area contributed by atoms with Crippen LogP contribution in [0.25, 0.3) is 0 Å². The maximum absolute atomic E-state index is 10.4. The lowest BCUT2D eigenvalue weighted by Gasteiger charge is -2.42. The predicted molar refractivity (Wildman–Crippen MR) is 88.9 cm³/mol. The van der Waals surface area contributed by atoms with Gasteiger partial charge in [-0.3, -0.25) is 4.98 Å². The summed E-state index contributed by atoms with van der Waals surface area (Å²) in [5.41, 5.74) is 1.61. The smallest absolute Gasteiger partial charge is 0.331 e. The Labute approximate surface area is 132 Å². The van der Waals surface area contributed by atoms with E-state index in [4.69, 9.17) is 5.11 Å². The molecule has 0 radical (unpaired) electrons. The van der Waals surface area contributed by atoms with E-state index >= 15 is 0 Å². The van der Waals surface area contributed by atoms with Crippen LogP contribution in [0.2, 0.25) is 0 Å². The van der Waals surface area contributed by atoms with Crippen LogP contribution in [0.15, 0.2) is 36.7 Å². The van der Waals surface area contributed by atoms with E-state index in [0.717, 1.165) is 18.7 Å². The van der Waals surface area contributed by atoms with Gasteiger partial charge in [-0.05, 0) is 45.4 Å². The second-order valence-electron chi connectivity index (χ2n) is 6.94. The van der Waals surface area contributed by atoms with Crippen LogP contribution < -0.4 is 10.6 Å². The van der Waals surface area contributed by atoms with Gasteiger partial charge in [0.15, 0.2) is 0 Å². The van der Waals surface area contributed by atoms with Crippen molar-refractivity contribution in [2.75, 3.05) is 13.1 Å². The van der Waals surface area contributed by atoms with E-state index in [0.29, 0.717) is 6.42 Å². The molecule has 0 saturated carbocycles. The van der Waals surface area contributed by atoms with E-state index in [-0.39, 0.29) is 16.7 Å². The normalized spacial score (nSPS) is 18.7. The quantitative estimate of drug-likeness (QED) is 0.745. The average Bonchev–Trinajstić information content (AvgIpc) is 2.37. The van der Waals surface area contributed by atoms with E-state index in [2.05, 4.69) is 49.9 Å². The summed E-state index contributed by atoms with van der Waals surface area (Å²) in [7, 11) is 0. The van der Waals surface area contributed by atoms with E-state index in [1.54, 1.807) is 24.5 Å². The van der Waals surface area contributed by atoms with Crippen molar-refractivity contribution in [3.8, 4) is 0 Å². The number of hydrogen-bond donors (Lipinski definition) is 3. The number of aromatic nitrogens is 1. The Bertz CT molecular complexity index is 496. The standard InChI is InChI=1S/C9H9NO2.C8H18N2/c1-7(9(11)12)6-8-2-4-10-5-3-8;1-7(2)5-9-6-8(3,4)10-7/h2-5H,1,6H2,(H,11,12);9-10H,5-6H2,1-4H3. The molecule has 0 amide bonds. The number of carbonyl (C=O) groups is 1. The average molecular weight is 305 g/mol. The number of nitrogens with one attached hydrogen (secondary N) is 2. The molecule has 0 aliphatic carbocycles. The van der Waals surface area contributed by atoms with E-state index < -0.39 is 5.97 Å². The molecule has 0 aromatic carbocycles. The molecule has 1 aromatic rings. The lowest BCUT2D eigenvalue weighted by molar-refractivity contribution is -0.132. The third-order valence-corrected chi connectivity index (χ3v) is 3.28. The fourth-order valence-electron chi connectivity index (χ4n) is 2.51. The number of pyridine rings is 1. The number of carboxylic acids is 1. The number of nitrogens with zero attached hydrogens (tertiary/aromatic N) is 1. The zero-order chi connectivity index (χ0) is 16.8. The first kappa shape index (κ1) is 18.3. The molecule has 1 fully saturated rings. The minimum absolute atomic E-state index is 0.196. The van der Waals surface area contributed by atoms with Gasteiger partial charge in [-0.25, -0.2) is 4.79 Å². The molecule has 122 valence electrons. The molecule has 1 aromatic heterocycles. The van der Waals surface area contributed by atoms with Crippen molar-refractivity contribution in [3.63, 3.8) is 0 Å². The molecule has 0 atom stereocenters. The van der Waals surface area contributed by atoms with Gasteiger partial charge >= 0.3 is 5.97 Å². The van der Waals surface area contributed by atoms with Gasteiger partial charge in [0.25, 0.3) is 0 Å². The van der Waals surface area contributed by atoms with Crippen LogP contribution in [0, 0.1) is 0 Å². The van der Waals surface area contributed by atoms with Crippen molar-refractivity contribution in [1.29, 1.82) is 0 Å². The summed E-state index contributed by atoms with van der Waals surface area (Å²) in [6, 6.07) is 3.54. The number of rotatable bonds is 3. The van der Waals surface area contributed by atoms with Crippen LogP contribution in [-0.4, -0.2) is 40.2 Å². The summed E-state index contributed by atoms with van der Waals surface area (Å²) >= 11 is 0. The first-order valence-electron chi connectivity index (χ1n) is 7.41. The Morgan fingerprint density at radius 2 is 1.73 bits per heavy atom. The van der Waals surface area contributed by atoms with Crippen LogP contribution in [0.3, 0.4) is 0 Å². The van der Waals surface area contributed by atoms with E-state index in [1.807, 2.05) is 0 Å². The van der Waals surface area contributed by atoms with Crippen molar-refractivity contribution >= 4 is 5.97 Å². The Kier molecular flexibility index (Phi) is 6.26. The zero-order valence-electron chi connectivity index (χ0n) is 13.9. The number of aliphatic carboxylic acids is 1. The molecule has 3 N–H and O–H groups in total. The van der Waals surface area contributed by atoms with Gasteiger partial charge in [0, 0.05) is 48.6 Å². The summed E-state index contributed by atoms with van der Waals surface area (Å²) in [6.45, 7) is 14.5. The van der Waals surface area contributed by atoms with Gasteiger partial charge in [-0.1, -0.05) is 6.58 Å². The Balaban J connectivity index is 0.000000224. The van der Waals surface area contributed by atoms with Crippen LogP contribution >= 0.6 is 0 Å². The molecule has 5 nitrogen and oxygen atoms in total. The fraction of sp³-hybridized carbons (Fsp3) is 0.529. The highest BCUT2D eigenvalue weighted by Crippen LogP contribution is 2.13. The number of piperazine rings is 1. The Hall–Kier alpha value is -1.72. The van der Waals surface area contributed by atoms with Gasteiger partial charge in [-0.2, -0.15) is 0 Å². The topological polar surface area (TPSA) is 74.2 Å². The maximum Gasteiger partial charge on any atom is 0.331 e. The maximum atomic E-state index is 10.4. The van der Waals surface area contributed by atoms with Gasteiger partial charge < -0.3 is 15.7 Å². The van der Waals surface area contributed by atoms with Crippen molar-refractivity contribution in [3.05, 3.63) is 42.2 Å². The highest BCUT2D eigenvalue weighted by molar-refractivity contribution is 5.86. The monoisotopic (exact) mass is 305 g/mol. The molecule has 2 rings (SSSR count). The summed E-state index contributed by atoms with van der Waals surface area (Å²) in [6.07, 6.45) is 3.63. The SMILES string of the molecule is C=C(Cc1ccncc1)C(=O)O.CC1(C)CNCC(C)(C)N1. The van der Waals surface area contributed by atoms with Crippen LogP contribution in [0.4, 0.5) is 0 Å². The number of carboxylic acid groups (broad SMARTS) is 1. The highest BCUT2D eigenvalue weighted by Gasteiger charge is 2.31. The first-order chi connectivity index (χ1) is 10.1. The molecular formula is C17H27N3O2. The number of hydrogen-bond acceptors (Lipinski definition) is 4. The van der Waals surface area contributed by atoms with Gasteiger partial charge in [0.1, 0.15) is 0 Å². The van der Waals surface area contributed by atoms with Crippen LogP contribution in [0.5, 0.6) is 0 Å². The zero-order valence-corrected chi connectivity index (χ0v) is 13.9. The van der Waals surface area contributed by atoms with Gasteiger partial charge in [0.2, 0.25) is 0 Å². The molecule has 1 aliphatic heterocycles. The van der Waals surface area contributed by atoms with Crippen LogP contribution in [-0.2, 0) is 11.2 Å². The largest absolute Gasteiger partial charge is 0.478 e. The fourth-order valence-corrected chi connectivity index (χ4v) is 2.51. The second kappa shape index (κ2) is 7.51. The highest BCUT2D eigenvalue weighted by atomic mass is 16.4. The van der Waals surface area contributed by atoms with Crippen molar-refractivity contribution in [2.24, 2.45) is 0 Å². The molecule has 1 saturated heterocycles. The van der Waals surface area contributed by atoms with E-state index in [1.165, 1.54) is 0 Å². The second-order valence-corrected chi connectivity index (χ2v) is 6.94. The molecular weight excluding hydrogens is 278 g/mol. The summed E-state index contributed by atoms with van der Waals surface area (Å²) in [5.74, 6) is -0.952. The van der Waals surface area contributed by atoms with Crippen molar-refractivity contribution in [1.82, 2.24) is 15.6 Å². The summed E-state index contributed by atoms with van der Waals surface area (Å²) < 4.78 is 0. The molecule has 0 unspecified atom stereocenters. The van der Waals surface area contributed by atoms with E-state index in [9.17, 15) is 4.79 Å². The van der Waals surface area contributed by atoms with Gasteiger partial charge in [0.05, 0.1) is 0 Å². The lowest BCUT2D eigenvalue weighted by Crippen LogP contribution is -2.65. The van der Waals surface area contributed by atoms with Crippen LogP contribution in [0.1, 0.15) is 33.3 Å². The molecule has 0 spiro atoms. The van der Waals surface area contributed by atoms with Gasteiger partial charge in [-0.15, -0.1) is 0 Å². The summed E-state index contributed by atoms with van der Waals surface area (Å²) in [5, 5.41) is 15.5. The minimum atomic E-state index is -0.952. The summed E-state index contributed by atoms with van der Waals surface area (Å²) in [4.78, 5) is 14.2. The Morgan fingerprint density at radius 1 is 1.23 bits per heavy atom. The predicted octanol–water partition coefficient (Wildman–Crippen LogP) is 2.00. The molecule has 1 aliphatic rings. The van der Waals surface area contributed by atoms with Crippen molar-refractivity contribution in [2.45, 2.75) is 45.2 Å².